The van der Waals surface area contributed by atoms with Crippen LogP contribution in [0.25, 0.3) is 0 Å². The highest BCUT2D eigenvalue weighted by Gasteiger charge is 2.47. The van der Waals surface area contributed by atoms with Crippen molar-refractivity contribution in [3.05, 3.63) is 72.9 Å². The van der Waals surface area contributed by atoms with E-state index >= 15 is 0 Å². The van der Waals surface area contributed by atoms with E-state index in [4.69, 9.17) is 14.2 Å². The van der Waals surface area contributed by atoms with E-state index in [1.54, 1.807) is 6.08 Å². The number of amides is 1. The predicted molar refractivity (Wildman–Crippen MR) is 343 cm³/mol. The van der Waals surface area contributed by atoms with Crippen molar-refractivity contribution >= 4 is 11.9 Å². The topological polar surface area (TPSA) is 175 Å². The van der Waals surface area contributed by atoms with Crippen molar-refractivity contribution in [3.63, 3.8) is 0 Å². The van der Waals surface area contributed by atoms with Crippen LogP contribution in [-0.2, 0) is 23.8 Å². The average molecular weight is 1150 g/mol. The van der Waals surface area contributed by atoms with Gasteiger partial charge in [0.1, 0.15) is 24.4 Å². The van der Waals surface area contributed by atoms with Gasteiger partial charge in [-0.25, -0.2) is 0 Å². The van der Waals surface area contributed by atoms with Crippen molar-refractivity contribution in [2.45, 2.75) is 352 Å². The molecule has 0 aromatic heterocycles. The molecule has 11 nitrogen and oxygen atoms in total. The van der Waals surface area contributed by atoms with Crippen LogP contribution in [0.3, 0.4) is 0 Å². The van der Waals surface area contributed by atoms with Crippen LogP contribution in [0, 0.1) is 0 Å². The SMILES string of the molecule is CCCCC/C=C\C/C=C\C/C=C\C/C=C\CCCCCCCCCCCCC(O)C(=O)NC(COC1OC(CO)C(O)C(O)C1OC(=O)CCCCCCCCC/C=C\CCCCCC)C(O)/C=C/CCCCCCCCCCCC. The minimum atomic E-state index is -1.62. The molecule has 0 aromatic carbocycles. The number of hydrogen-bond acceptors (Lipinski definition) is 10. The monoisotopic (exact) mass is 1150 g/mol. The average Bonchev–Trinajstić information content (AvgIpc) is 3.68. The molecular weight excluding hydrogens is 1030 g/mol. The number of unbranched alkanes of at least 4 members (excludes halogenated alkanes) is 34. The van der Waals surface area contributed by atoms with Gasteiger partial charge in [0.15, 0.2) is 12.4 Å². The summed E-state index contributed by atoms with van der Waals surface area (Å²) in [5.74, 6) is -1.20. The van der Waals surface area contributed by atoms with Crippen molar-refractivity contribution < 1.29 is 49.3 Å². The number of carbonyl (C=O) groups is 2. The van der Waals surface area contributed by atoms with Gasteiger partial charge in [-0.3, -0.25) is 9.59 Å². The highest BCUT2D eigenvalue weighted by molar-refractivity contribution is 5.80. The van der Waals surface area contributed by atoms with E-state index in [1.165, 1.54) is 161 Å². The molecule has 6 N–H and O–H groups in total. The van der Waals surface area contributed by atoms with Crippen LogP contribution < -0.4 is 5.32 Å². The Morgan fingerprint density at radius 2 is 0.841 bits per heavy atom. The summed E-state index contributed by atoms with van der Waals surface area (Å²) in [5.41, 5.74) is 0. The van der Waals surface area contributed by atoms with E-state index in [2.05, 4.69) is 86.8 Å². The summed E-state index contributed by atoms with van der Waals surface area (Å²) in [6.07, 6.45) is 65.1. The van der Waals surface area contributed by atoms with Gasteiger partial charge in [0.05, 0.1) is 25.4 Å². The number of hydrogen-bond donors (Lipinski definition) is 6. The fourth-order valence-electron chi connectivity index (χ4n) is 10.4. The Morgan fingerprint density at radius 3 is 1.30 bits per heavy atom. The van der Waals surface area contributed by atoms with Gasteiger partial charge in [-0.15, -0.1) is 0 Å². The number of aliphatic hydroxyl groups excluding tert-OH is 5. The number of nitrogens with one attached hydrogen (secondary N) is 1. The largest absolute Gasteiger partial charge is 0.454 e. The number of rotatable bonds is 58. The molecule has 8 unspecified atom stereocenters. The van der Waals surface area contributed by atoms with E-state index in [9.17, 15) is 35.1 Å². The molecule has 82 heavy (non-hydrogen) atoms. The third kappa shape index (κ3) is 45.5. The highest BCUT2D eigenvalue weighted by Crippen LogP contribution is 2.26. The molecule has 0 saturated carbocycles. The Labute approximate surface area is 502 Å². The first-order valence-corrected chi connectivity index (χ1v) is 34.2. The molecule has 1 fully saturated rings. The molecule has 0 spiro atoms. The van der Waals surface area contributed by atoms with Gasteiger partial charge >= 0.3 is 5.97 Å². The van der Waals surface area contributed by atoms with Gasteiger partial charge in [-0.1, -0.05) is 273 Å². The van der Waals surface area contributed by atoms with Gasteiger partial charge < -0.3 is 45.1 Å². The lowest BCUT2D eigenvalue weighted by Crippen LogP contribution is -2.61. The number of aliphatic hydroxyl groups is 5. The van der Waals surface area contributed by atoms with Gasteiger partial charge in [-0.05, 0) is 96.3 Å². The van der Waals surface area contributed by atoms with Crippen LogP contribution in [0.15, 0.2) is 72.9 Å². The zero-order valence-electron chi connectivity index (χ0n) is 52.9. The molecule has 1 amide bonds. The number of esters is 1. The molecule has 1 aliphatic heterocycles. The van der Waals surface area contributed by atoms with Gasteiger partial charge in [0, 0.05) is 6.42 Å². The Balaban J connectivity index is 2.59. The van der Waals surface area contributed by atoms with Crippen LogP contribution in [0.4, 0.5) is 0 Å². The van der Waals surface area contributed by atoms with Crippen LogP contribution in [0.2, 0.25) is 0 Å². The molecule has 8 atom stereocenters. The first kappa shape index (κ1) is 77.1. The Kier molecular flexibility index (Phi) is 55.0. The lowest BCUT2D eigenvalue weighted by molar-refractivity contribution is -0.305. The lowest BCUT2D eigenvalue weighted by atomic mass is 9.99. The molecule has 1 aliphatic rings. The molecule has 0 bridgehead atoms. The quantitative estimate of drug-likeness (QED) is 0.0195. The van der Waals surface area contributed by atoms with Crippen LogP contribution in [-0.4, -0.2) is 99.6 Å². The minimum absolute atomic E-state index is 0.117. The molecule has 1 heterocycles. The van der Waals surface area contributed by atoms with Gasteiger partial charge in [-0.2, -0.15) is 0 Å². The maximum Gasteiger partial charge on any atom is 0.306 e. The van der Waals surface area contributed by atoms with Crippen LogP contribution in [0.1, 0.15) is 303 Å². The van der Waals surface area contributed by atoms with Gasteiger partial charge in [0.25, 0.3) is 0 Å². The normalized spacial score (nSPS) is 19.0. The standard InChI is InChI=1S/C71H127NO10/c1-4-7-10-13-16-19-22-25-27-28-29-30-31-32-33-34-35-36-37-39-40-43-46-49-52-55-58-64(75)70(79)72-62(63(74)57-54-51-48-45-42-24-21-18-15-12-9-6-3)61-80-71-69(68(78)67(77)65(60-73)81-71)82-66(76)59-56-53-50-47-44-41-38-26-23-20-17-14-11-8-5-2/h16,19-20,23,25,27,29-30,32-33,54,57,62-65,67-69,71,73-75,77-78H,4-15,17-18,21-22,24,26,28,31,34-53,55-56,58-61H2,1-3H3,(H,72,79)/b19-16-,23-20-,27-25-,30-29-,33-32-,57-54+. The molecule has 0 aromatic rings. The summed E-state index contributed by atoms with van der Waals surface area (Å²) in [6, 6.07) is -1.03. The molecule has 1 rings (SSSR count). The zero-order valence-corrected chi connectivity index (χ0v) is 52.9. The third-order valence-corrected chi connectivity index (χ3v) is 15.8. The van der Waals surface area contributed by atoms with E-state index < -0.39 is 67.4 Å². The Bertz CT molecular complexity index is 1610. The summed E-state index contributed by atoms with van der Waals surface area (Å²) < 4.78 is 17.6. The van der Waals surface area contributed by atoms with E-state index in [-0.39, 0.29) is 19.4 Å². The summed E-state index contributed by atoms with van der Waals surface area (Å²) in [6.45, 7) is 5.76. The number of allylic oxidation sites excluding steroid dienone is 11. The van der Waals surface area contributed by atoms with Crippen LogP contribution >= 0.6 is 0 Å². The van der Waals surface area contributed by atoms with Crippen molar-refractivity contribution in [2.75, 3.05) is 13.2 Å². The second kappa shape index (κ2) is 58.5. The maximum absolute atomic E-state index is 13.5. The summed E-state index contributed by atoms with van der Waals surface area (Å²) in [7, 11) is 0. The van der Waals surface area contributed by atoms with E-state index in [0.717, 1.165) is 96.3 Å². The maximum atomic E-state index is 13.5. The van der Waals surface area contributed by atoms with Gasteiger partial charge in [0.2, 0.25) is 5.91 Å². The zero-order chi connectivity index (χ0) is 59.6. The first-order valence-electron chi connectivity index (χ1n) is 34.2. The molecular formula is C71H127NO10. The summed E-state index contributed by atoms with van der Waals surface area (Å²) in [4.78, 5) is 26.6. The minimum Gasteiger partial charge on any atom is -0.454 e. The predicted octanol–water partition coefficient (Wildman–Crippen LogP) is 17.1. The van der Waals surface area contributed by atoms with Crippen molar-refractivity contribution in [3.8, 4) is 0 Å². The molecule has 0 aliphatic carbocycles. The molecule has 11 heteroatoms. The Morgan fingerprint density at radius 1 is 0.476 bits per heavy atom. The lowest BCUT2D eigenvalue weighted by Gasteiger charge is -2.41. The third-order valence-electron chi connectivity index (χ3n) is 15.8. The first-order chi connectivity index (χ1) is 40.2. The van der Waals surface area contributed by atoms with Crippen molar-refractivity contribution in [1.82, 2.24) is 5.32 Å². The number of ether oxygens (including phenoxy) is 3. The fraction of sp³-hybridized carbons (Fsp3) is 0.803. The second-order valence-electron chi connectivity index (χ2n) is 23.6. The van der Waals surface area contributed by atoms with Crippen molar-refractivity contribution in [1.29, 1.82) is 0 Å². The molecule has 0 radical (unpaired) electrons. The summed E-state index contributed by atoms with van der Waals surface area (Å²) >= 11 is 0. The highest BCUT2D eigenvalue weighted by atomic mass is 16.7. The molecule has 476 valence electrons. The molecule has 1 saturated heterocycles. The van der Waals surface area contributed by atoms with E-state index in [0.29, 0.717) is 12.8 Å². The van der Waals surface area contributed by atoms with E-state index in [1.807, 2.05) is 6.08 Å². The Hall–Kier alpha value is -2.90. The van der Waals surface area contributed by atoms with Crippen molar-refractivity contribution in [2.24, 2.45) is 0 Å². The smallest absolute Gasteiger partial charge is 0.306 e. The second-order valence-corrected chi connectivity index (χ2v) is 23.6. The fourth-order valence-corrected chi connectivity index (χ4v) is 10.4. The summed E-state index contributed by atoms with van der Waals surface area (Å²) in [5, 5.41) is 57.1. The van der Waals surface area contributed by atoms with Crippen LogP contribution in [0.5, 0.6) is 0 Å². The number of carbonyl (C=O) groups excluding carboxylic acids is 2.